The molecule has 2 N–H and O–H groups in total. The van der Waals surface area contributed by atoms with Gasteiger partial charge in [0, 0.05) is 6.42 Å². The third kappa shape index (κ3) is 42.8. The van der Waals surface area contributed by atoms with E-state index in [2.05, 4.69) is 6.92 Å². The first-order valence-corrected chi connectivity index (χ1v) is 8.04. The molecule has 0 amide bonds. The predicted molar refractivity (Wildman–Crippen MR) is 71.8 cm³/mol. The van der Waals surface area contributed by atoms with Crippen LogP contribution in [0.1, 0.15) is 71.1 Å². The van der Waals surface area contributed by atoms with Gasteiger partial charge in [-0.15, -0.1) is 0 Å². The topological polar surface area (TPSA) is 115 Å². The maximum atomic E-state index is 10.2. The first-order chi connectivity index (χ1) is 8.77. The standard InChI is InChI=1S/C12H24O2.K.H2O4S/c1-2-3-4-5-6-7-8-9-10-11-12(13)14;;1-5(2,3)4/h2-11H2,1H3,(H,13,14);;(H2,1,2,3,4)/q;+1;/p-1. The molecule has 0 saturated carbocycles. The van der Waals surface area contributed by atoms with Crippen LogP contribution in [-0.2, 0) is 15.2 Å². The molecule has 0 unspecified atom stereocenters. The Labute approximate surface area is 164 Å². The van der Waals surface area contributed by atoms with E-state index in [4.69, 9.17) is 22.6 Å². The van der Waals surface area contributed by atoms with E-state index >= 15 is 0 Å². The monoisotopic (exact) mass is 336 g/mol. The Bertz CT molecular complexity index is 297. The van der Waals surface area contributed by atoms with E-state index in [9.17, 15) is 4.79 Å². The average Bonchev–Trinajstić information content (AvgIpc) is 2.24. The zero-order valence-electron chi connectivity index (χ0n) is 12.5. The van der Waals surface area contributed by atoms with Gasteiger partial charge in [0.1, 0.15) is 0 Å². The number of hydrogen-bond acceptors (Lipinski definition) is 4. The number of hydrogen-bond donors (Lipinski definition) is 2. The molecule has 0 fully saturated rings. The van der Waals surface area contributed by atoms with E-state index in [1.165, 1.54) is 44.9 Å². The maximum Gasteiger partial charge on any atom is 1.00 e. The van der Waals surface area contributed by atoms with Crippen LogP contribution in [0.25, 0.3) is 0 Å². The molecule has 0 aliphatic carbocycles. The fourth-order valence-corrected chi connectivity index (χ4v) is 1.59. The van der Waals surface area contributed by atoms with Crippen LogP contribution in [0.4, 0.5) is 0 Å². The molecule has 0 aromatic heterocycles. The van der Waals surface area contributed by atoms with Crippen LogP contribution in [-0.4, -0.2) is 28.6 Å². The van der Waals surface area contributed by atoms with Gasteiger partial charge in [0.05, 0.1) is 0 Å². The molecule has 0 aliphatic heterocycles. The number of carboxylic acid groups (broad SMARTS) is 1. The smallest absolute Gasteiger partial charge is 0.726 e. The normalized spacial score (nSPS) is 10.2. The maximum absolute atomic E-state index is 10.2. The molecule has 20 heavy (non-hydrogen) atoms. The van der Waals surface area contributed by atoms with Crippen molar-refractivity contribution in [2.75, 3.05) is 0 Å². The fourth-order valence-electron chi connectivity index (χ4n) is 1.59. The number of carbonyl (C=O) groups is 1. The molecule has 0 aromatic carbocycles. The summed E-state index contributed by atoms with van der Waals surface area (Å²) in [7, 11) is -4.92. The minimum absolute atomic E-state index is 0. The van der Waals surface area contributed by atoms with E-state index < -0.39 is 16.4 Å². The van der Waals surface area contributed by atoms with Crippen molar-refractivity contribution in [3.8, 4) is 0 Å². The number of unbranched alkanes of at least 4 members (excludes halogenated alkanes) is 8. The Balaban J connectivity index is -0.000000414. The van der Waals surface area contributed by atoms with Gasteiger partial charge in [0.15, 0.2) is 0 Å². The Kier molecular flexibility index (Phi) is 23.3. The molecular weight excluding hydrogens is 311 g/mol. The molecular formula is C12H25KO6S. The summed E-state index contributed by atoms with van der Waals surface area (Å²) in [5.74, 6) is -0.659. The molecule has 0 bridgehead atoms. The van der Waals surface area contributed by atoms with Gasteiger partial charge in [-0.2, -0.15) is 0 Å². The van der Waals surface area contributed by atoms with Gasteiger partial charge in [-0.1, -0.05) is 58.3 Å². The van der Waals surface area contributed by atoms with E-state index in [1.54, 1.807) is 0 Å². The zero-order chi connectivity index (χ0) is 15.1. The zero-order valence-corrected chi connectivity index (χ0v) is 16.4. The van der Waals surface area contributed by atoms with Crippen LogP contribution in [0.2, 0.25) is 0 Å². The van der Waals surface area contributed by atoms with Gasteiger partial charge in [0.2, 0.25) is 10.4 Å². The van der Waals surface area contributed by atoms with Crippen LogP contribution in [0.5, 0.6) is 0 Å². The van der Waals surface area contributed by atoms with Crippen LogP contribution in [0, 0.1) is 0 Å². The van der Waals surface area contributed by atoms with Gasteiger partial charge in [-0.05, 0) is 6.42 Å². The summed E-state index contributed by atoms with van der Waals surface area (Å²) in [6.07, 6.45) is 11.5. The molecule has 0 heterocycles. The third-order valence-electron chi connectivity index (χ3n) is 2.49. The average molecular weight is 336 g/mol. The minimum atomic E-state index is -4.92. The molecule has 0 saturated heterocycles. The van der Waals surface area contributed by atoms with Crippen molar-refractivity contribution in [2.45, 2.75) is 71.1 Å². The van der Waals surface area contributed by atoms with E-state index in [0.29, 0.717) is 6.42 Å². The molecule has 116 valence electrons. The predicted octanol–water partition coefficient (Wildman–Crippen LogP) is 0.000500. The van der Waals surface area contributed by atoms with Crippen LogP contribution < -0.4 is 51.4 Å². The Morgan fingerprint density at radius 1 is 0.950 bits per heavy atom. The Morgan fingerprint density at radius 2 is 1.25 bits per heavy atom. The summed E-state index contributed by atoms with van der Waals surface area (Å²) < 4.78 is 32.8. The van der Waals surface area contributed by atoms with Gasteiger partial charge in [-0.25, -0.2) is 8.42 Å². The molecule has 0 aromatic rings. The van der Waals surface area contributed by atoms with Crippen molar-refractivity contribution in [1.82, 2.24) is 0 Å². The largest absolute Gasteiger partial charge is 1.00 e. The van der Waals surface area contributed by atoms with E-state index in [-0.39, 0.29) is 51.4 Å². The van der Waals surface area contributed by atoms with Crippen LogP contribution in [0.15, 0.2) is 0 Å². The third-order valence-corrected chi connectivity index (χ3v) is 2.49. The summed E-state index contributed by atoms with van der Waals surface area (Å²) in [6, 6.07) is 0. The van der Waals surface area contributed by atoms with Gasteiger partial charge in [-0.3, -0.25) is 9.35 Å². The molecule has 0 spiro atoms. The number of rotatable bonds is 10. The first kappa shape index (κ1) is 25.9. The number of aliphatic carboxylic acids is 1. The summed E-state index contributed by atoms with van der Waals surface area (Å²) in [4.78, 5) is 10.2. The van der Waals surface area contributed by atoms with Crippen LogP contribution in [0.3, 0.4) is 0 Å². The second kappa shape index (κ2) is 18.0. The molecule has 6 nitrogen and oxygen atoms in total. The van der Waals surface area contributed by atoms with Gasteiger partial charge in [0.25, 0.3) is 0 Å². The molecule has 8 heteroatoms. The Hall–Kier alpha value is 0.976. The fraction of sp³-hybridized carbons (Fsp3) is 0.917. The first-order valence-electron chi connectivity index (χ1n) is 6.67. The Morgan fingerprint density at radius 3 is 1.55 bits per heavy atom. The second-order valence-electron chi connectivity index (χ2n) is 4.40. The van der Waals surface area contributed by atoms with Crippen molar-refractivity contribution in [3.05, 3.63) is 0 Å². The molecule has 0 atom stereocenters. The molecule has 0 rings (SSSR count). The van der Waals surface area contributed by atoms with E-state index in [0.717, 1.165) is 12.8 Å². The SMILES string of the molecule is CCCCCCCCCCCC(=O)O.O=S(=O)([O-])O.[K+]. The minimum Gasteiger partial charge on any atom is -0.726 e. The van der Waals surface area contributed by atoms with Crippen molar-refractivity contribution < 1.29 is 78.8 Å². The summed E-state index contributed by atoms with van der Waals surface area (Å²) in [6.45, 7) is 2.23. The number of carboxylic acids is 1. The van der Waals surface area contributed by atoms with Gasteiger partial charge < -0.3 is 9.66 Å². The van der Waals surface area contributed by atoms with Crippen molar-refractivity contribution >= 4 is 16.4 Å². The van der Waals surface area contributed by atoms with E-state index in [1.807, 2.05) is 0 Å². The summed E-state index contributed by atoms with van der Waals surface area (Å²) in [5, 5.41) is 8.41. The van der Waals surface area contributed by atoms with Crippen LogP contribution >= 0.6 is 0 Å². The van der Waals surface area contributed by atoms with Crippen molar-refractivity contribution in [1.29, 1.82) is 0 Å². The summed E-state index contributed by atoms with van der Waals surface area (Å²) >= 11 is 0. The summed E-state index contributed by atoms with van der Waals surface area (Å²) in [5.41, 5.74) is 0. The second-order valence-corrected chi connectivity index (χ2v) is 5.26. The van der Waals surface area contributed by atoms with Crippen molar-refractivity contribution in [3.63, 3.8) is 0 Å². The van der Waals surface area contributed by atoms with Gasteiger partial charge >= 0.3 is 57.4 Å². The molecule has 0 aliphatic rings. The molecule has 0 radical (unpaired) electrons. The quantitative estimate of drug-likeness (QED) is 0.251. The van der Waals surface area contributed by atoms with Crippen molar-refractivity contribution in [2.24, 2.45) is 0 Å².